The number of nitrogens with one attached hydrogen (secondary N) is 1. The Kier molecular flexibility index (Phi) is 7.44. The molecule has 2 amide bonds. The summed E-state index contributed by atoms with van der Waals surface area (Å²) in [6, 6.07) is 12.9. The van der Waals surface area contributed by atoms with Gasteiger partial charge in [0.2, 0.25) is 12.7 Å². The minimum atomic E-state index is -0.687. The van der Waals surface area contributed by atoms with E-state index in [-0.39, 0.29) is 24.5 Å². The third-order valence-electron chi connectivity index (χ3n) is 6.39. The predicted octanol–water partition coefficient (Wildman–Crippen LogP) is 4.72. The molecule has 3 aliphatic heterocycles. The maximum atomic E-state index is 12.8. The first kappa shape index (κ1) is 26.9. The predicted molar refractivity (Wildman–Crippen MR) is 150 cm³/mol. The van der Waals surface area contributed by atoms with E-state index < -0.39 is 11.3 Å². The molecular weight excluding hydrogens is 520 g/mol. The summed E-state index contributed by atoms with van der Waals surface area (Å²) in [5.41, 5.74) is 0.975. The number of methoxy groups -OCH3 is 1. The first-order chi connectivity index (χ1) is 18.6. The van der Waals surface area contributed by atoms with Crippen LogP contribution in [-0.2, 0) is 9.53 Å². The van der Waals surface area contributed by atoms with E-state index in [2.05, 4.69) is 5.32 Å². The summed E-state index contributed by atoms with van der Waals surface area (Å²) < 4.78 is 21.7. The second-order valence-electron chi connectivity index (χ2n) is 10.5. The number of carbonyl (C=O) groups is 2. The number of amides is 2. The Hall–Kier alpha value is -3.73. The first-order valence-corrected chi connectivity index (χ1v) is 13.8. The molecular formula is C28H32N4O6S. The number of ether oxygens (including phenoxy) is 4. The highest BCUT2D eigenvalue weighted by Crippen LogP contribution is 2.37. The molecule has 0 aliphatic carbocycles. The third kappa shape index (κ3) is 6.30. The second-order valence-corrected chi connectivity index (χ2v) is 11.4. The number of likely N-dealkylation sites (tertiary alicyclic amines) is 1. The van der Waals surface area contributed by atoms with Crippen LogP contribution in [0, 0.1) is 0 Å². The summed E-state index contributed by atoms with van der Waals surface area (Å²) in [6.45, 7) is 6.70. The largest absolute Gasteiger partial charge is 0.497 e. The molecule has 3 heterocycles. The summed E-state index contributed by atoms with van der Waals surface area (Å²) in [4.78, 5) is 37.2. The number of rotatable bonds is 5. The average Bonchev–Trinajstić information content (AvgIpc) is 3.51. The molecule has 1 fully saturated rings. The fourth-order valence-electron chi connectivity index (χ4n) is 4.48. The number of piperidine rings is 1. The highest BCUT2D eigenvalue weighted by atomic mass is 32.2. The number of fused-ring (bicyclic) bond motifs is 1. The van der Waals surface area contributed by atoms with Crippen LogP contribution in [0.5, 0.6) is 17.2 Å². The van der Waals surface area contributed by atoms with Crippen molar-refractivity contribution in [2.45, 2.75) is 44.9 Å². The third-order valence-corrected chi connectivity index (χ3v) is 7.35. The molecule has 5 rings (SSSR count). The van der Waals surface area contributed by atoms with Crippen molar-refractivity contribution in [1.82, 2.24) is 4.90 Å². The van der Waals surface area contributed by atoms with Crippen LogP contribution in [0.1, 0.15) is 39.2 Å². The molecule has 0 bridgehead atoms. The molecule has 0 saturated carbocycles. The number of anilines is 1. The highest BCUT2D eigenvalue weighted by Gasteiger charge is 2.41. The summed E-state index contributed by atoms with van der Waals surface area (Å²) in [7, 11) is 1.62. The standard InChI is InChI=1S/C28H32N4O6S/c1-27(2,3)38-26(34)32-12-10-28(11-13-32)30-24(18-6-5-7-20(14-18)35-4)25(31-28)39-16-23(33)29-19-8-9-21-22(15-19)37-17-36-21/h5-9,14-15H,10-13,16-17H2,1-4H3,(H,29,33). The smallest absolute Gasteiger partial charge is 0.410 e. The van der Waals surface area contributed by atoms with Crippen LogP contribution in [0.25, 0.3) is 0 Å². The molecule has 39 heavy (non-hydrogen) atoms. The van der Waals surface area contributed by atoms with E-state index in [1.807, 2.05) is 45.0 Å². The topological polar surface area (TPSA) is 111 Å². The van der Waals surface area contributed by atoms with Gasteiger partial charge in [-0.1, -0.05) is 23.9 Å². The molecule has 0 atom stereocenters. The molecule has 0 radical (unpaired) electrons. The zero-order chi connectivity index (χ0) is 27.6. The van der Waals surface area contributed by atoms with Gasteiger partial charge in [0.05, 0.1) is 18.6 Å². The highest BCUT2D eigenvalue weighted by molar-refractivity contribution is 8.16. The quantitative estimate of drug-likeness (QED) is 0.571. The van der Waals surface area contributed by atoms with Gasteiger partial charge >= 0.3 is 6.09 Å². The molecule has 0 unspecified atom stereocenters. The van der Waals surface area contributed by atoms with E-state index in [0.29, 0.717) is 53.9 Å². The summed E-state index contributed by atoms with van der Waals surface area (Å²) >= 11 is 1.34. The van der Waals surface area contributed by atoms with E-state index in [9.17, 15) is 9.59 Å². The van der Waals surface area contributed by atoms with Gasteiger partial charge in [0.15, 0.2) is 17.2 Å². The number of benzene rings is 2. The molecule has 1 N–H and O–H groups in total. The molecule has 206 valence electrons. The van der Waals surface area contributed by atoms with Crippen LogP contribution >= 0.6 is 11.8 Å². The lowest BCUT2D eigenvalue weighted by molar-refractivity contribution is -0.113. The van der Waals surface area contributed by atoms with Crippen LogP contribution in [-0.4, -0.2) is 71.7 Å². The minimum Gasteiger partial charge on any atom is -0.497 e. The van der Waals surface area contributed by atoms with Crippen LogP contribution in [0.4, 0.5) is 10.5 Å². The van der Waals surface area contributed by atoms with Gasteiger partial charge in [0.25, 0.3) is 0 Å². The number of nitrogens with zero attached hydrogens (tertiary/aromatic N) is 3. The normalized spacial score (nSPS) is 17.5. The van der Waals surface area contributed by atoms with Gasteiger partial charge < -0.3 is 29.2 Å². The number of carbonyl (C=O) groups excluding carboxylic acids is 2. The van der Waals surface area contributed by atoms with E-state index >= 15 is 0 Å². The van der Waals surface area contributed by atoms with E-state index in [0.717, 1.165) is 11.3 Å². The molecule has 10 nitrogen and oxygen atoms in total. The average molecular weight is 553 g/mol. The zero-order valence-corrected chi connectivity index (χ0v) is 23.3. The van der Waals surface area contributed by atoms with Crippen LogP contribution in [0.15, 0.2) is 52.4 Å². The Bertz CT molecular complexity index is 1330. The van der Waals surface area contributed by atoms with Crippen molar-refractivity contribution in [3.63, 3.8) is 0 Å². The summed E-state index contributed by atoms with van der Waals surface area (Å²) in [5.74, 6) is 1.95. The fourth-order valence-corrected chi connectivity index (χ4v) is 5.36. The summed E-state index contributed by atoms with van der Waals surface area (Å²) in [6.07, 6.45) is 0.798. The number of hydrogen-bond donors (Lipinski definition) is 1. The van der Waals surface area contributed by atoms with Crippen LogP contribution in [0.3, 0.4) is 0 Å². The molecule has 1 spiro atoms. The van der Waals surface area contributed by atoms with E-state index in [1.54, 1.807) is 30.2 Å². The van der Waals surface area contributed by atoms with E-state index in [4.69, 9.17) is 28.9 Å². The van der Waals surface area contributed by atoms with Crippen molar-refractivity contribution in [2.75, 3.05) is 38.1 Å². The van der Waals surface area contributed by atoms with Crippen LogP contribution < -0.4 is 19.5 Å². The Morgan fingerprint density at radius 2 is 1.85 bits per heavy atom. The van der Waals surface area contributed by atoms with E-state index in [1.165, 1.54) is 11.8 Å². The van der Waals surface area contributed by atoms with Crippen molar-refractivity contribution in [1.29, 1.82) is 0 Å². The van der Waals surface area contributed by atoms with Crippen LogP contribution in [0.2, 0.25) is 0 Å². The van der Waals surface area contributed by atoms with Gasteiger partial charge in [-0.2, -0.15) is 0 Å². The lowest BCUT2D eigenvalue weighted by Crippen LogP contribution is -2.46. The zero-order valence-electron chi connectivity index (χ0n) is 22.5. The number of hydrogen-bond acceptors (Lipinski definition) is 9. The first-order valence-electron chi connectivity index (χ1n) is 12.8. The van der Waals surface area contributed by atoms with Crippen molar-refractivity contribution in [3.8, 4) is 17.2 Å². The second kappa shape index (κ2) is 10.8. The van der Waals surface area contributed by atoms with Gasteiger partial charge in [-0.15, -0.1) is 0 Å². The maximum absolute atomic E-state index is 12.8. The SMILES string of the molecule is COc1cccc(C2=NC3(CCN(C(=O)OC(C)(C)C)CC3)N=C2SCC(=O)Nc2ccc3c(c2)OCO3)c1. The Morgan fingerprint density at radius 1 is 1.08 bits per heavy atom. The maximum Gasteiger partial charge on any atom is 0.410 e. The van der Waals surface area contributed by atoms with Gasteiger partial charge in [-0.3, -0.25) is 9.79 Å². The molecule has 3 aliphatic rings. The fraction of sp³-hybridized carbons (Fsp3) is 0.429. The van der Waals surface area contributed by atoms with Crippen molar-refractivity contribution in [2.24, 2.45) is 9.98 Å². The molecule has 2 aromatic rings. The van der Waals surface area contributed by atoms with Gasteiger partial charge in [-0.05, 0) is 45.0 Å². The lowest BCUT2D eigenvalue weighted by Gasteiger charge is -2.36. The van der Waals surface area contributed by atoms with Gasteiger partial charge in [0.1, 0.15) is 16.4 Å². The molecule has 1 saturated heterocycles. The lowest BCUT2D eigenvalue weighted by atomic mass is 9.99. The van der Waals surface area contributed by atoms with Crippen molar-refractivity contribution in [3.05, 3.63) is 48.0 Å². The number of aliphatic imine (C=N–C) groups is 2. The monoisotopic (exact) mass is 552 g/mol. The van der Waals surface area contributed by atoms with Gasteiger partial charge in [-0.25, -0.2) is 9.79 Å². The number of thioether (sulfide) groups is 1. The Balaban J connectivity index is 1.30. The Morgan fingerprint density at radius 3 is 2.59 bits per heavy atom. The Labute approximate surface area is 231 Å². The van der Waals surface area contributed by atoms with Crippen molar-refractivity contribution >= 4 is 40.2 Å². The minimum absolute atomic E-state index is 0.149. The molecule has 0 aromatic heterocycles. The van der Waals surface area contributed by atoms with Crippen molar-refractivity contribution < 1.29 is 28.5 Å². The van der Waals surface area contributed by atoms with Gasteiger partial charge in [0, 0.05) is 43.2 Å². The summed E-state index contributed by atoms with van der Waals surface area (Å²) in [5, 5.41) is 3.60. The molecule has 2 aromatic carbocycles. The molecule has 11 heteroatoms.